The van der Waals surface area contributed by atoms with Gasteiger partial charge in [-0.05, 0) is 53.4 Å². The van der Waals surface area contributed by atoms with Crippen molar-refractivity contribution in [2.75, 3.05) is 0 Å². The maximum atomic E-state index is 3.72. The quantitative estimate of drug-likeness (QED) is 0.276. The monoisotopic (exact) mass is 538 g/mol. The molecule has 25 heavy (non-hydrogen) atoms. The normalized spacial score (nSPS) is 11.0. The van der Waals surface area contributed by atoms with Crippen LogP contribution in [-0.4, -0.2) is 0 Å². The molecule has 0 spiro atoms. The summed E-state index contributed by atoms with van der Waals surface area (Å²) >= 11 is 11.1. The van der Waals surface area contributed by atoms with Gasteiger partial charge in [-0.2, -0.15) is 0 Å². The fourth-order valence-corrected chi connectivity index (χ4v) is 7.30. The third-order valence-corrected chi connectivity index (χ3v) is 8.74. The zero-order chi connectivity index (χ0) is 17.6. The van der Waals surface area contributed by atoms with Gasteiger partial charge in [0.25, 0.3) is 0 Å². The lowest BCUT2D eigenvalue weighted by Gasteiger charge is -2.20. The molecule has 0 nitrogen and oxygen atoms in total. The van der Waals surface area contributed by atoms with Gasteiger partial charge in [0.2, 0.25) is 0 Å². The summed E-state index contributed by atoms with van der Waals surface area (Å²) in [5, 5.41) is 0. The molecule has 3 aromatic carbocycles. The first-order valence-corrected chi connectivity index (χ1v) is 12.3. The number of hydrogen-bond donors (Lipinski definition) is 0. The van der Waals surface area contributed by atoms with Crippen molar-refractivity contribution < 1.29 is 0 Å². The van der Waals surface area contributed by atoms with Crippen LogP contribution in [0.5, 0.6) is 0 Å². The molecule has 0 amide bonds. The standard InChI is InChI=1S/C21H18Br3P/c22-19-10-4-1-7-16(19)13-25(14-17-8-2-5-11-20(17)23)15-18-9-3-6-12-21(18)24/h1-12H,13-15H2. The average Bonchev–Trinajstić information content (AvgIpc) is 2.61. The minimum atomic E-state index is -0.228. The van der Waals surface area contributed by atoms with Crippen LogP contribution in [0.1, 0.15) is 16.7 Å². The maximum absolute atomic E-state index is 3.72. The van der Waals surface area contributed by atoms with Crippen LogP contribution in [0.25, 0.3) is 0 Å². The van der Waals surface area contributed by atoms with Crippen molar-refractivity contribution in [3.05, 3.63) is 103 Å². The molecule has 0 radical (unpaired) electrons. The van der Waals surface area contributed by atoms with E-state index in [9.17, 15) is 0 Å². The van der Waals surface area contributed by atoms with Crippen molar-refractivity contribution >= 4 is 55.7 Å². The van der Waals surface area contributed by atoms with Crippen molar-refractivity contribution in [3.8, 4) is 0 Å². The molecule has 0 saturated heterocycles. The Morgan fingerprint density at radius 1 is 0.480 bits per heavy atom. The van der Waals surface area contributed by atoms with Gasteiger partial charge in [0.15, 0.2) is 0 Å². The van der Waals surface area contributed by atoms with Gasteiger partial charge < -0.3 is 0 Å². The second-order valence-electron chi connectivity index (χ2n) is 5.92. The first kappa shape index (κ1) is 19.3. The second-order valence-corrected chi connectivity index (χ2v) is 10.8. The minimum absolute atomic E-state index is 0.228. The predicted molar refractivity (Wildman–Crippen MR) is 120 cm³/mol. The highest BCUT2D eigenvalue weighted by molar-refractivity contribution is 9.11. The van der Waals surface area contributed by atoms with E-state index in [-0.39, 0.29) is 7.92 Å². The zero-order valence-electron chi connectivity index (χ0n) is 13.6. The largest absolute Gasteiger partial charge is 0.0931 e. The molecule has 3 aromatic rings. The van der Waals surface area contributed by atoms with Crippen LogP contribution in [0.3, 0.4) is 0 Å². The van der Waals surface area contributed by atoms with Crippen LogP contribution >= 0.6 is 55.7 Å². The van der Waals surface area contributed by atoms with Crippen molar-refractivity contribution in [2.45, 2.75) is 18.5 Å². The van der Waals surface area contributed by atoms with Gasteiger partial charge in [-0.25, -0.2) is 0 Å². The van der Waals surface area contributed by atoms with Gasteiger partial charge in [0.1, 0.15) is 0 Å². The second kappa shape index (κ2) is 9.46. The lowest BCUT2D eigenvalue weighted by atomic mass is 10.2. The summed E-state index contributed by atoms with van der Waals surface area (Å²) in [4.78, 5) is 0. The Kier molecular flexibility index (Phi) is 7.30. The molecule has 0 aromatic heterocycles. The smallest absolute Gasteiger partial charge is 0.0210 e. The van der Waals surface area contributed by atoms with E-state index in [1.165, 1.54) is 30.1 Å². The van der Waals surface area contributed by atoms with Crippen molar-refractivity contribution in [1.82, 2.24) is 0 Å². The summed E-state index contributed by atoms with van der Waals surface area (Å²) in [6, 6.07) is 25.8. The average molecular weight is 541 g/mol. The number of hydrogen-bond acceptors (Lipinski definition) is 0. The third-order valence-electron chi connectivity index (χ3n) is 4.06. The molecule has 0 aliphatic rings. The van der Waals surface area contributed by atoms with Gasteiger partial charge in [-0.15, -0.1) is 0 Å². The zero-order valence-corrected chi connectivity index (χ0v) is 19.3. The Balaban J connectivity index is 1.86. The fourth-order valence-electron chi connectivity index (χ4n) is 2.77. The molecule has 0 saturated carbocycles. The molecular formula is C21H18Br3P. The van der Waals surface area contributed by atoms with Gasteiger partial charge >= 0.3 is 0 Å². The highest BCUT2D eigenvalue weighted by atomic mass is 79.9. The van der Waals surface area contributed by atoms with Crippen LogP contribution in [-0.2, 0) is 18.5 Å². The van der Waals surface area contributed by atoms with Crippen molar-refractivity contribution in [1.29, 1.82) is 0 Å². The Bertz CT molecular complexity index is 735. The summed E-state index contributed by atoms with van der Waals surface area (Å²) in [5.41, 5.74) is 4.19. The SMILES string of the molecule is Brc1ccccc1CP(Cc1ccccc1Br)Cc1ccccc1Br. The molecule has 4 heteroatoms. The number of benzene rings is 3. The lowest BCUT2D eigenvalue weighted by Crippen LogP contribution is -1.95. The van der Waals surface area contributed by atoms with Crippen molar-refractivity contribution in [3.63, 3.8) is 0 Å². The molecule has 0 unspecified atom stereocenters. The molecule has 3 rings (SSSR count). The van der Waals surface area contributed by atoms with Crippen LogP contribution in [0, 0.1) is 0 Å². The molecule has 0 heterocycles. The molecule has 0 aliphatic carbocycles. The molecule has 0 N–H and O–H groups in total. The fraction of sp³-hybridized carbons (Fsp3) is 0.143. The number of rotatable bonds is 6. The number of halogens is 3. The van der Waals surface area contributed by atoms with Crippen LogP contribution < -0.4 is 0 Å². The van der Waals surface area contributed by atoms with E-state index in [1.54, 1.807) is 0 Å². The van der Waals surface area contributed by atoms with E-state index in [0.717, 1.165) is 18.5 Å². The van der Waals surface area contributed by atoms with Crippen LogP contribution in [0.15, 0.2) is 86.2 Å². The molecular weight excluding hydrogens is 523 g/mol. The first-order valence-electron chi connectivity index (χ1n) is 8.06. The van der Waals surface area contributed by atoms with Gasteiger partial charge in [0, 0.05) is 13.4 Å². The molecule has 0 atom stereocenters. The Labute approximate surface area is 176 Å². The highest BCUT2D eigenvalue weighted by Gasteiger charge is 2.15. The summed E-state index contributed by atoms with van der Waals surface area (Å²) in [6.45, 7) is 0. The summed E-state index contributed by atoms with van der Waals surface area (Å²) in [6.07, 6.45) is 3.33. The maximum Gasteiger partial charge on any atom is 0.0210 e. The van der Waals surface area contributed by atoms with E-state index in [4.69, 9.17) is 0 Å². The van der Waals surface area contributed by atoms with Crippen LogP contribution in [0.2, 0.25) is 0 Å². The molecule has 0 fully saturated rings. The molecule has 0 aliphatic heterocycles. The predicted octanol–water partition coefficient (Wildman–Crippen LogP) is 8.36. The summed E-state index contributed by atoms with van der Waals surface area (Å²) < 4.78 is 3.63. The Morgan fingerprint density at radius 2 is 0.760 bits per heavy atom. The summed E-state index contributed by atoms with van der Waals surface area (Å²) in [7, 11) is -0.228. The summed E-state index contributed by atoms with van der Waals surface area (Å²) in [5.74, 6) is 0. The topological polar surface area (TPSA) is 0 Å². The van der Waals surface area contributed by atoms with Gasteiger partial charge in [0.05, 0.1) is 0 Å². The Hall–Kier alpha value is -0.470. The highest BCUT2D eigenvalue weighted by Crippen LogP contribution is 2.49. The molecule has 128 valence electrons. The van der Waals surface area contributed by atoms with Crippen molar-refractivity contribution in [2.24, 2.45) is 0 Å². The molecule has 0 bridgehead atoms. The third kappa shape index (κ3) is 5.50. The lowest BCUT2D eigenvalue weighted by molar-refractivity contribution is 1.24. The first-order chi connectivity index (χ1) is 12.1. The van der Waals surface area contributed by atoms with Gasteiger partial charge in [-0.3, -0.25) is 0 Å². The minimum Gasteiger partial charge on any atom is -0.0931 e. The van der Waals surface area contributed by atoms with E-state index in [1.807, 2.05) is 0 Å². The van der Waals surface area contributed by atoms with E-state index in [2.05, 4.69) is 121 Å². The van der Waals surface area contributed by atoms with Crippen LogP contribution in [0.4, 0.5) is 0 Å². The van der Waals surface area contributed by atoms with E-state index in [0.29, 0.717) is 0 Å². The van der Waals surface area contributed by atoms with E-state index >= 15 is 0 Å². The van der Waals surface area contributed by atoms with Gasteiger partial charge in [-0.1, -0.05) is 110 Å². The van der Waals surface area contributed by atoms with E-state index < -0.39 is 0 Å². The Morgan fingerprint density at radius 3 is 1.04 bits per heavy atom.